The van der Waals surface area contributed by atoms with Crippen molar-refractivity contribution in [1.82, 2.24) is 4.90 Å². The highest BCUT2D eigenvalue weighted by Gasteiger charge is 2.34. The Balaban J connectivity index is 2.16. The average Bonchev–Trinajstić information content (AvgIpc) is 2.72. The lowest BCUT2D eigenvalue weighted by Gasteiger charge is -2.10. The van der Waals surface area contributed by atoms with E-state index in [9.17, 15) is 19.5 Å². The number of carbonyl (C=O) groups is 3. The SMILES string of the molecule is CCCCN1C(=O)S/C(=C\c2ccc(C(=O)[O-])cc2)C1=O. The maximum absolute atomic E-state index is 12.1. The van der Waals surface area contributed by atoms with Gasteiger partial charge in [-0.05, 0) is 35.4 Å². The van der Waals surface area contributed by atoms with Crippen molar-refractivity contribution in [3.8, 4) is 0 Å². The number of carbonyl (C=O) groups excluding carboxylic acids is 3. The third-order valence-electron chi connectivity index (χ3n) is 3.05. The summed E-state index contributed by atoms with van der Waals surface area (Å²) in [7, 11) is 0. The van der Waals surface area contributed by atoms with Gasteiger partial charge in [-0.15, -0.1) is 0 Å². The molecule has 0 aromatic heterocycles. The monoisotopic (exact) mass is 304 g/mol. The molecule has 2 rings (SSSR count). The molecule has 0 N–H and O–H groups in total. The van der Waals surface area contributed by atoms with E-state index < -0.39 is 5.97 Å². The first kappa shape index (κ1) is 15.3. The zero-order valence-corrected chi connectivity index (χ0v) is 12.3. The molecule has 0 radical (unpaired) electrons. The highest BCUT2D eigenvalue weighted by atomic mass is 32.2. The first-order chi connectivity index (χ1) is 10.0. The van der Waals surface area contributed by atoms with Crippen molar-refractivity contribution in [2.75, 3.05) is 6.54 Å². The molecule has 110 valence electrons. The zero-order chi connectivity index (χ0) is 15.4. The van der Waals surface area contributed by atoms with Gasteiger partial charge in [-0.25, -0.2) is 0 Å². The first-order valence-electron chi connectivity index (χ1n) is 6.59. The van der Waals surface area contributed by atoms with E-state index in [4.69, 9.17) is 0 Å². The van der Waals surface area contributed by atoms with Crippen LogP contribution in [-0.4, -0.2) is 28.6 Å². The van der Waals surface area contributed by atoms with Crippen LogP contribution < -0.4 is 5.11 Å². The Hall–Kier alpha value is -2.08. The summed E-state index contributed by atoms with van der Waals surface area (Å²) in [5, 5.41) is 10.4. The number of carboxylic acids is 1. The van der Waals surface area contributed by atoms with Crippen LogP contribution in [0.15, 0.2) is 29.2 Å². The lowest BCUT2D eigenvalue weighted by atomic mass is 10.1. The minimum absolute atomic E-state index is 0.0724. The maximum atomic E-state index is 12.1. The predicted molar refractivity (Wildman–Crippen MR) is 78.4 cm³/mol. The van der Waals surface area contributed by atoms with Gasteiger partial charge >= 0.3 is 0 Å². The van der Waals surface area contributed by atoms with Gasteiger partial charge < -0.3 is 9.90 Å². The quantitative estimate of drug-likeness (QED) is 0.776. The van der Waals surface area contributed by atoms with Crippen molar-refractivity contribution in [2.24, 2.45) is 0 Å². The molecular weight excluding hydrogens is 290 g/mol. The molecule has 0 spiro atoms. The summed E-state index contributed by atoms with van der Waals surface area (Å²) in [5.41, 5.74) is 0.740. The number of benzene rings is 1. The van der Waals surface area contributed by atoms with Crippen LogP contribution in [0, 0.1) is 0 Å². The van der Waals surface area contributed by atoms with E-state index in [0.717, 1.165) is 24.6 Å². The third kappa shape index (κ3) is 3.52. The van der Waals surface area contributed by atoms with Gasteiger partial charge in [0, 0.05) is 6.54 Å². The number of amides is 2. The van der Waals surface area contributed by atoms with Crippen LogP contribution in [-0.2, 0) is 4.79 Å². The van der Waals surface area contributed by atoms with Gasteiger partial charge in [-0.3, -0.25) is 14.5 Å². The van der Waals surface area contributed by atoms with Crippen molar-refractivity contribution in [3.63, 3.8) is 0 Å². The molecule has 21 heavy (non-hydrogen) atoms. The van der Waals surface area contributed by atoms with Crippen LogP contribution in [0.3, 0.4) is 0 Å². The van der Waals surface area contributed by atoms with Gasteiger partial charge in [0.05, 0.1) is 10.9 Å². The Morgan fingerprint density at radius 1 is 1.29 bits per heavy atom. The highest BCUT2D eigenvalue weighted by Crippen LogP contribution is 2.32. The molecule has 0 aliphatic carbocycles. The largest absolute Gasteiger partial charge is 0.545 e. The van der Waals surface area contributed by atoms with Crippen LogP contribution in [0.25, 0.3) is 6.08 Å². The fraction of sp³-hybridized carbons (Fsp3) is 0.267. The van der Waals surface area contributed by atoms with Crippen molar-refractivity contribution in [1.29, 1.82) is 0 Å². The van der Waals surface area contributed by atoms with Crippen LogP contribution >= 0.6 is 11.8 Å². The second kappa shape index (κ2) is 6.58. The van der Waals surface area contributed by atoms with E-state index in [2.05, 4.69) is 0 Å². The number of hydrogen-bond acceptors (Lipinski definition) is 5. The molecule has 0 unspecified atom stereocenters. The van der Waals surface area contributed by atoms with Crippen molar-refractivity contribution < 1.29 is 19.5 Å². The van der Waals surface area contributed by atoms with E-state index >= 15 is 0 Å². The lowest BCUT2D eigenvalue weighted by Crippen LogP contribution is -2.29. The summed E-state index contributed by atoms with van der Waals surface area (Å²) in [6.45, 7) is 2.43. The molecule has 5 nitrogen and oxygen atoms in total. The summed E-state index contributed by atoms with van der Waals surface area (Å²) >= 11 is 0.907. The number of hydrogen-bond donors (Lipinski definition) is 0. The Labute approximate surface area is 126 Å². The lowest BCUT2D eigenvalue weighted by molar-refractivity contribution is -0.255. The molecule has 2 amide bonds. The Kier molecular flexibility index (Phi) is 4.80. The molecular formula is C15H14NO4S-. The van der Waals surface area contributed by atoms with Crippen LogP contribution in [0.4, 0.5) is 4.79 Å². The molecule has 6 heteroatoms. The van der Waals surface area contributed by atoms with E-state index in [1.54, 1.807) is 18.2 Å². The zero-order valence-electron chi connectivity index (χ0n) is 11.5. The van der Waals surface area contributed by atoms with E-state index in [1.165, 1.54) is 17.0 Å². The number of nitrogens with zero attached hydrogens (tertiary/aromatic N) is 1. The number of aromatic carboxylic acids is 1. The Bertz CT molecular complexity index is 607. The molecule has 1 aromatic carbocycles. The molecule has 0 bridgehead atoms. The number of thioether (sulfide) groups is 1. The van der Waals surface area contributed by atoms with Gasteiger partial charge in [-0.2, -0.15) is 0 Å². The van der Waals surface area contributed by atoms with Gasteiger partial charge in [0.25, 0.3) is 11.1 Å². The Morgan fingerprint density at radius 2 is 1.95 bits per heavy atom. The molecule has 0 saturated carbocycles. The second-order valence-corrected chi connectivity index (χ2v) is 5.59. The Morgan fingerprint density at radius 3 is 2.52 bits per heavy atom. The fourth-order valence-corrected chi connectivity index (χ4v) is 2.74. The van der Waals surface area contributed by atoms with E-state index in [-0.39, 0.29) is 16.7 Å². The summed E-state index contributed by atoms with van der Waals surface area (Å²) in [6, 6.07) is 5.96. The van der Waals surface area contributed by atoms with E-state index in [1.807, 2.05) is 6.92 Å². The fourth-order valence-electron chi connectivity index (χ4n) is 1.88. The van der Waals surface area contributed by atoms with Crippen molar-refractivity contribution in [2.45, 2.75) is 19.8 Å². The second-order valence-electron chi connectivity index (χ2n) is 4.60. The molecule has 1 aromatic rings. The summed E-state index contributed by atoms with van der Waals surface area (Å²) in [4.78, 5) is 36.2. The number of imide groups is 1. The average molecular weight is 304 g/mol. The minimum atomic E-state index is -1.25. The topological polar surface area (TPSA) is 77.5 Å². The van der Waals surface area contributed by atoms with Gasteiger partial charge in [0.15, 0.2) is 0 Å². The molecule has 1 fully saturated rings. The minimum Gasteiger partial charge on any atom is -0.545 e. The molecule has 1 saturated heterocycles. The number of carboxylic acid groups (broad SMARTS) is 1. The maximum Gasteiger partial charge on any atom is 0.293 e. The molecule has 1 aliphatic heterocycles. The predicted octanol–water partition coefficient (Wildman–Crippen LogP) is 1.89. The van der Waals surface area contributed by atoms with E-state index in [0.29, 0.717) is 17.0 Å². The van der Waals surface area contributed by atoms with Crippen LogP contribution in [0.2, 0.25) is 0 Å². The molecule has 1 heterocycles. The number of rotatable bonds is 5. The third-order valence-corrected chi connectivity index (χ3v) is 3.96. The highest BCUT2D eigenvalue weighted by molar-refractivity contribution is 8.18. The van der Waals surface area contributed by atoms with Crippen molar-refractivity contribution in [3.05, 3.63) is 40.3 Å². The van der Waals surface area contributed by atoms with Gasteiger partial charge in [0.2, 0.25) is 0 Å². The molecule has 0 atom stereocenters. The standard InChI is InChI=1S/C15H15NO4S/c1-2-3-8-16-13(17)12(21-15(16)20)9-10-4-6-11(7-5-10)14(18)19/h4-7,9H,2-3,8H2,1H3,(H,18,19)/p-1/b12-9-. The van der Waals surface area contributed by atoms with Crippen LogP contribution in [0.5, 0.6) is 0 Å². The normalized spacial score (nSPS) is 16.8. The smallest absolute Gasteiger partial charge is 0.293 e. The number of unbranched alkanes of at least 4 members (excludes halogenated alkanes) is 1. The summed E-state index contributed by atoms with van der Waals surface area (Å²) in [6.07, 6.45) is 3.28. The molecule has 1 aliphatic rings. The van der Waals surface area contributed by atoms with Crippen LogP contribution in [0.1, 0.15) is 35.7 Å². The summed E-state index contributed by atoms with van der Waals surface area (Å²) in [5.74, 6) is -1.54. The summed E-state index contributed by atoms with van der Waals surface area (Å²) < 4.78 is 0. The van der Waals surface area contributed by atoms with Gasteiger partial charge in [-0.1, -0.05) is 37.6 Å². The van der Waals surface area contributed by atoms with Crippen molar-refractivity contribution >= 4 is 35.0 Å². The van der Waals surface area contributed by atoms with Gasteiger partial charge in [0.1, 0.15) is 0 Å². The first-order valence-corrected chi connectivity index (χ1v) is 7.41.